The molecule has 2 rings (SSSR count). The smallest absolute Gasteiger partial charge is 0.328 e. The zero-order valence-corrected chi connectivity index (χ0v) is 15.0. The number of ether oxygens (including phenoxy) is 2. The monoisotopic (exact) mass is 366 g/mol. The number of halogens is 1. The van der Waals surface area contributed by atoms with Crippen LogP contribution in [-0.2, 0) is 20.7 Å². The molecule has 0 bridgehead atoms. The summed E-state index contributed by atoms with van der Waals surface area (Å²) in [6.45, 7) is 4.75. The third kappa shape index (κ3) is 5.47. The van der Waals surface area contributed by atoms with Crippen LogP contribution in [0, 0.1) is 0 Å². The molecule has 0 aromatic heterocycles. The van der Waals surface area contributed by atoms with Crippen LogP contribution in [0.25, 0.3) is 0 Å². The van der Waals surface area contributed by atoms with Gasteiger partial charge in [-0.2, -0.15) is 0 Å². The van der Waals surface area contributed by atoms with Gasteiger partial charge in [-0.25, -0.2) is 4.79 Å². The molecule has 1 aliphatic heterocycles. The van der Waals surface area contributed by atoms with Crippen molar-refractivity contribution in [3.05, 3.63) is 41.4 Å². The summed E-state index contributed by atoms with van der Waals surface area (Å²) in [5.74, 6) is -0.140. The van der Waals surface area contributed by atoms with Crippen molar-refractivity contribution in [2.45, 2.75) is 31.3 Å². The molecule has 25 heavy (non-hydrogen) atoms. The fourth-order valence-electron chi connectivity index (χ4n) is 2.69. The van der Waals surface area contributed by atoms with E-state index in [0.717, 1.165) is 24.9 Å². The summed E-state index contributed by atoms with van der Waals surface area (Å²) in [6.07, 6.45) is 3.63. The van der Waals surface area contributed by atoms with Gasteiger partial charge in [-0.1, -0.05) is 30.3 Å². The predicted molar refractivity (Wildman–Crippen MR) is 95.8 cm³/mol. The Morgan fingerprint density at radius 1 is 1.52 bits per heavy atom. The van der Waals surface area contributed by atoms with Gasteiger partial charge in [0, 0.05) is 6.42 Å². The van der Waals surface area contributed by atoms with Gasteiger partial charge in [0.25, 0.3) is 0 Å². The van der Waals surface area contributed by atoms with Crippen LogP contribution in [0.1, 0.15) is 18.4 Å². The number of benzene rings is 1. The maximum atomic E-state index is 12.3. The fraction of sp³-hybridized carbons (Fsp3) is 0.444. The van der Waals surface area contributed by atoms with E-state index in [1.807, 2.05) is 0 Å². The number of amides is 1. The molecule has 1 unspecified atom stereocenters. The van der Waals surface area contributed by atoms with Crippen molar-refractivity contribution in [3.8, 4) is 5.75 Å². The standard InChI is InChI=1S/C18H23ClN2O4/c1-3-9-25-16-7-6-12(10-13(16)19)11-15(18(23)24-2)21-17(22)14-5-4-8-20-14/h3,6-7,10,14-15,20H,1,4-5,8-9,11H2,2H3,(H,21,22)/t14?,15-/m0/s1. The van der Waals surface area contributed by atoms with Crippen LogP contribution in [0.15, 0.2) is 30.9 Å². The third-order valence-corrected chi connectivity index (χ3v) is 4.27. The van der Waals surface area contributed by atoms with Crippen molar-refractivity contribution in [1.82, 2.24) is 10.6 Å². The summed E-state index contributed by atoms with van der Waals surface area (Å²) >= 11 is 6.20. The van der Waals surface area contributed by atoms with Crippen LogP contribution >= 0.6 is 11.6 Å². The first-order valence-corrected chi connectivity index (χ1v) is 8.56. The summed E-state index contributed by atoms with van der Waals surface area (Å²) in [5, 5.41) is 6.31. The quantitative estimate of drug-likeness (QED) is 0.542. The molecule has 0 radical (unpaired) electrons. The molecule has 0 spiro atoms. The second kappa shape index (κ2) is 9.44. The molecule has 1 aliphatic rings. The highest BCUT2D eigenvalue weighted by Crippen LogP contribution is 2.26. The first-order valence-electron chi connectivity index (χ1n) is 8.19. The molecular formula is C18H23ClN2O4. The van der Waals surface area contributed by atoms with E-state index in [1.165, 1.54) is 7.11 Å². The Balaban J connectivity index is 2.05. The van der Waals surface area contributed by atoms with E-state index in [2.05, 4.69) is 17.2 Å². The minimum Gasteiger partial charge on any atom is -0.488 e. The van der Waals surface area contributed by atoms with Crippen LogP contribution < -0.4 is 15.4 Å². The summed E-state index contributed by atoms with van der Waals surface area (Å²) in [5.41, 5.74) is 0.797. The van der Waals surface area contributed by atoms with Crippen LogP contribution in [0.3, 0.4) is 0 Å². The van der Waals surface area contributed by atoms with Gasteiger partial charge in [-0.3, -0.25) is 4.79 Å². The number of nitrogens with one attached hydrogen (secondary N) is 2. The van der Waals surface area contributed by atoms with Crippen molar-refractivity contribution >= 4 is 23.5 Å². The first kappa shape index (κ1) is 19.3. The van der Waals surface area contributed by atoms with Crippen LogP contribution in [0.4, 0.5) is 0 Å². The Labute approximate surface area is 152 Å². The van der Waals surface area contributed by atoms with Crippen molar-refractivity contribution in [1.29, 1.82) is 0 Å². The van der Waals surface area contributed by atoms with Gasteiger partial charge in [-0.15, -0.1) is 0 Å². The summed E-state index contributed by atoms with van der Waals surface area (Å²) in [6, 6.07) is 4.23. The Morgan fingerprint density at radius 3 is 2.92 bits per heavy atom. The average molecular weight is 367 g/mol. The number of carbonyl (C=O) groups excluding carboxylic acids is 2. The molecule has 2 N–H and O–H groups in total. The number of rotatable bonds is 8. The molecule has 1 amide bonds. The Morgan fingerprint density at radius 2 is 2.32 bits per heavy atom. The molecule has 0 saturated carbocycles. The van der Waals surface area contributed by atoms with Gasteiger partial charge in [0.15, 0.2) is 0 Å². The van der Waals surface area contributed by atoms with E-state index in [4.69, 9.17) is 21.1 Å². The Bertz CT molecular complexity index is 630. The lowest BCUT2D eigenvalue weighted by Crippen LogP contribution is -2.49. The lowest BCUT2D eigenvalue weighted by atomic mass is 10.0. The summed E-state index contributed by atoms with van der Waals surface area (Å²) in [7, 11) is 1.30. The van der Waals surface area contributed by atoms with Crippen molar-refractivity contribution in [2.24, 2.45) is 0 Å². The maximum absolute atomic E-state index is 12.3. The molecule has 1 fully saturated rings. The Kier molecular flexibility index (Phi) is 7.28. The molecule has 2 atom stereocenters. The van der Waals surface area contributed by atoms with Gasteiger partial charge >= 0.3 is 5.97 Å². The van der Waals surface area contributed by atoms with Crippen molar-refractivity contribution < 1.29 is 19.1 Å². The minimum atomic E-state index is -0.768. The van der Waals surface area contributed by atoms with Crippen molar-refractivity contribution in [2.75, 3.05) is 20.3 Å². The zero-order valence-electron chi connectivity index (χ0n) is 14.2. The first-order chi connectivity index (χ1) is 12.0. The molecule has 7 heteroatoms. The highest BCUT2D eigenvalue weighted by atomic mass is 35.5. The van der Waals surface area contributed by atoms with Crippen LogP contribution in [0.2, 0.25) is 5.02 Å². The van der Waals surface area contributed by atoms with E-state index < -0.39 is 12.0 Å². The lowest BCUT2D eigenvalue weighted by molar-refractivity contribution is -0.145. The molecule has 1 aromatic carbocycles. The van der Waals surface area contributed by atoms with Crippen LogP contribution in [-0.4, -0.2) is 44.2 Å². The van der Waals surface area contributed by atoms with E-state index in [9.17, 15) is 9.59 Å². The Hall–Kier alpha value is -2.05. The van der Waals surface area contributed by atoms with E-state index in [-0.39, 0.29) is 18.4 Å². The predicted octanol–water partition coefficient (Wildman–Crippen LogP) is 1.86. The lowest BCUT2D eigenvalue weighted by Gasteiger charge is -2.19. The number of carbonyl (C=O) groups is 2. The number of hydrogen-bond acceptors (Lipinski definition) is 5. The zero-order chi connectivity index (χ0) is 18.2. The van der Waals surface area contributed by atoms with E-state index in [0.29, 0.717) is 17.4 Å². The highest BCUT2D eigenvalue weighted by Gasteiger charge is 2.28. The minimum absolute atomic E-state index is 0.190. The van der Waals surface area contributed by atoms with Gasteiger partial charge in [0.1, 0.15) is 18.4 Å². The average Bonchev–Trinajstić information content (AvgIpc) is 3.14. The topological polar surface area (TPSA) is 76.7 Å². The van der Waals surface area contributed by atoms with E-state index >= 15 is 0 Å². The fourth-order valence-corrected chi connectivity index (χ4v) is 2.95. The normalized spacial score (nSPS) is 17.6. The molecule has 1 heterocycles. The largest absolute Gasteiger partial charge is 0.488 e. The number of esters is 1. The van der Waals surface area contributed by atoms with Crippen molar-refractivity contribution in [3.63, 3.8) is 0 Å². The van der Waals surface area contributed by atoms with Crippen LogP contribution in [0.5, 0.6) is 5.75 Å². The second-order valence-electron chi connectivity index (χ2n) is 5.80. The van der Waals surface area contributed by atoms with Gasteiger partial charge < -0.3 is 20.1 Å². The summed E-state index contributed by atoms with van der Waals surface area (Å²) in [4.78, 5) is 24.3. The maximum Gasteiger partial charge on any atom is 0.328 e. The molecule has 136 valence electrons. The molecule has 1 saturated heterocycles. The highest BCUT2D eigenvalue weighted by molar-refractivity contribution is 6.32. The third-order valence-electron chi connectivity index (χ3n) is 3.97. The summed E-state index contributed by atoms with van der Waals surface area (Å²) < 4.78 is 10.2. The molecule has 0 aliphatic carbocycles. The SMILES string of the molecule is C=CCOc1ccc(C[C@H](NC(=O)C2CCCN2)C(=O)OC)cc1Cl. The molecule has 6 nitrogen and oxygen atoms in total. The number of methoxy groups -OCH3 is 1. The molecule has 1 aromatic rings. The molecular weight excluding hydrogens is 344 g/mol. The van der Waals surface area contributed by atoms with E-state index in [1.54, 1.807) is 24.3 Å². The second-order valence-corrected chi connectivity index (χ2v) is 6.21. The van der Waals surface area contributed by atoms with Gasteiger partial charge in [0.05, 0.1) is 18.2 Å². The number of hydrogen-bond donors (Lipinski definition) is 2. The van der Waals surface area contributed by atoms with Gasteiger partial charge in [0.2, 0.25) is 5.91 Å². The van der Waals surface area contributed by atoms with Gasteiger partial charge in [-0.05, 0) is 37.1 Å².